The Bertz CT molecular complexity index is 511. The standard InChI is InChI=1S/C17H22O3/c1-10-7-8-14-11(2)16(20-17(18)15(10)14)12-5-4-6-13(9-12)19-3/h4-6,9-11,14-16H,7-8H2,1-3H3/t10-,11+,14+,15+,16+/m0/s1. The summed E-state index contributed by atoms with van der Waals surface area (Å²) in [5, 5.41) is 0. The van der Waals surface area contributed by atoms with Crippen LogP contribution in [0.5, 0.6) is 5.75 Å². The first-order valence-electron chi connectivity index (χ1n) is 7.46. The Hall–Kier alpha value is -1.51. The van der Waals surface area contributed by atoms with Gasteiger partial charge in [-0.2, -0.15) is 0 Å². The van der Waals surface area contributed by atoms with Crippen molar-refractivity contribution in [3.05, 3.63) is 29.8 Å². The molecule has 2 fully saturated rings. The molecule has 0 amide bonds. The number of esters is 1. The van der Waals surface area contributed by atoms with Gasteiger partial charge < -0.3 is 9.47 Å². The molecule has 108 valence electrons. The van der Waals surface area contributed by atoms with E-state index in [1.54, 1.807) is 7.11 Å². The second kappa shape index (κ2) is 5.12. The molecule has 0 unspecified atom stereocenters. The monoisotopic (exact) mass is 274 g/mol. The summed E-state index contributed by atoms with van der Waals surface area (Å²) in [5.74, 6) is 2.20. The molecule has 1 aromatic carbocycles. The SMILES string of the molecule is COc1cccc([C@@H]2OC(=O)[C@H]3[C@H](CC[C@@H]3C)[C@H]2C)c1. The van der Waals surface area contributed by atoms with Crippen LogP contribution in [-0.2, 0) is 9.53 Å². The highest BCUT2D eigenvalue weighted by Crippen LogP contribution is 2.50. The lowest BCUT2D eigenvalue weighted by Crippen LogP contribution is -2.39. The van der Waals surface area contributed by atoms with Crippen LogP contribution < -0.4 is 4.74 Å². The zero-order valence-corrected chi connectivity index (χ0v) is 12.3. The first kappa shape index (κ1) is 13.5. The Morgan fingerprint density at radius 3 is 2.80 bits per heavy atom. The fraction of sp³-hybridized carbons (Fsp3) is 0.588. The Balaban J connectivity index is 1.89. The summed E-state index contributed by atoms with van der Waals surface area (Å²) < 4.78 is 11.0. The third-order valence-corrected chi connectivity index (χ3v) is 5.12. The lowest BCUT2D eigenvalue weighted by Gasteiger charge is -2.38. The van der Waals surface area contributed by atoms with Crippen LogP contribution in [0.1, 0.15) is 38.4 Å². The molecule has 1 aromatic rings. The number of carbonyl (C=O) groups excluding carboxylic acids is 1. The van der Waals surface area contributed by atoms with Crippen molar-refractivity contribution in [2.24, 2.45) is 23.7 Å². The van der Waals surface area contributed by atoms with Crippen molar-refractivity contribution in [2.75, 3.05) is 7.11 Å². The summed E-state index contributed by atoms with van der Waals surface area (Å²) in [6.07, 6.45) is 2.14. The molecule has 0 bridgehead atoms. The molecule has 1 heterocycles. The summed E-state index contributed by atoms with van der Waals surface area (Å²) in [6.45, 7) is 4.39. The Labute approximate surface area is 120 Å². The molecule has 1 saturated heterocycles. The molecule has 0 N–H and O–H groups in total. The lowest BCUT2D eigenvalue weighted by atomic mass is 9.76. The van der Waals surface area contributed by atoms with Crippen LogP contribution in [0.3, 0.4) is 0 Å². The summed E-state index contributed by atoms with van der Waals surface area (Å²) in [4.78, 5) is 12.3. The predicted molar refractivity (Wildman–Crippen MR) is 76.4 cm³/mol. The molecule has 3 rings (SSSR count). The van der Waals surface area contributed by atoms with Gasteiger partial charge in [-0.25, -0.2) is 0 Å². The van der Waals surface area contributed by atoms with Gasteiger partial charge in [-0.05, 0) is 42.4 Å². The fourth-order valence-electron chi connectivity index (χ4n) is 3.96. The smallest absolute Gasteiger partial charge is 0.310 e. The van der Waals surface area contributed by atoms with Crippen LogP contribution >= 0.6 is 0 Å². The summed E-state index contributed by atoms with van der Waals surface area (Å²) in [7, 11) is 1.66. The Morgan fingerprint density at radius 2 is 2.05 bits per heavy atom. The van der Waals surface area contributed by atoms with Crippen LogP contribution in [0.2, 0.25) is 0 Å². The molecule has 20 heavy (non-hydrogen) atoms. The summed E-state index contributed by atoms with van der Waals surface area (Å²) in [5.41, 5.74) is 1.04. The van der Waals surface area contributed by atoms with Gasteiger partial charge in [0.2, 0.25) is 0 Å². The Kier molecular flexibility index (Phi) is 3.45. The molecule has 0 spiro atoms. The molecular weight excluding hydrogens is 252 g/mol. The number of fused-ring (bicyclic) bond motifs is 1. The average Bonchev–Trinajstić information content (AvgIpc) is 2.86. The van der Waals surface area contributed by atoms with E-state index < -0.39 is 0 Å². The van der Waals surface area contributed by atoms with Crippen molar-refractivity contribution >= 4 is 5.97 Å². The molecule has 5 atom stereocenters. The van der Waals surface area contributed by atoms with Crippen molar-refractivity contribution in [3.8, 4) is 5.75 Å². The first-order valence-corrected chi connectivity index (χ1v) is 7.46. The maximum Gasteiger partial charge on any atom is 0.310 e. The summed E-state index contributed by atoms with van der Waals surface area (Å²) in [6, 6.07) is 7.88. The van der Waals surface area contributed by atoms with Gasteiger partial charge in [-0.1, -0.05) is 26.0 Å². The van der Waals surface area contributed by atoms with Gasteiger partial charge >= 0.3 is 5.97 Å². The topological polar surface area (TPSA) is 35.5 Å². The minimum absolute atomic E-state index is 0.00841. The zero-order valence-electron chi connectivity index (χ0n) is 12.3. The van der Waals surface area contributed by atoms with Crippen LogP contribution in [-0.4, -0.2) is 13.1 Å². The average molecular weight is 274 g/mol. The zero-order chi connectivity index (χ0) is 14.3. The first-order chi connectivity index (χ1) is 9.61. The van der Waals surface area contributed by atoms with E-state index in [9.17, 15) is 4.79 Å². The molecule has 1 aliphatic heterocycles. The summed E-state index contributed by atoms with van der Waals surface area (Å²) >= 11 is 0. The van der Waals surface area contributed by atoms with Crippen LogP contribution in [0.15, 0.2) is 24.3 Å². The van der Waals surface area contributed by atoms with Crippen molar-refractivity contribution < 1.29 is 14.3 Å². The maximum atomic E-state index is 12.3. The van der Waals surface area contributed by atoms with Crippen molar-refractivity contribution in [3.63, 3.8) is 0 Å². The van der Waals surface area contributed by atoms with E-state index in [1.807, 2.05) is 24.3 Å². The van der Waals surface area contributed by atoms with E-state index in [2.05, 4.69) is 13.8 Å². The van der Waals surface area contributed by atoms with Gasteiger partial charge in [-0.15, -0.1) is 0 Å². The highest BCUT2D eigenvalue weighted by atomic mass is 16.5. The number of carbonyl (C=O) groups is 1. The van der Waals surface area contributed by atoms with E-state index in [0.29, 0.717) is 17.8 Å². The Morgan fingerprint density at radius 1 is 1.25 bits per heavy atom. The number of cyclic esters (lactones) is 1. The largest absolute Gasteiger partial charge is 0.497 e. The second-order valence-corrected chi connectivity index (χ2v) is 6.24. The van der Waals surface area contributed by atoms with E-state index >= 15 is 0 Å². The van der Waals surface area contributed by atoms with Crippen molar-refractivity contribution in [1.82, 2.24) is 0 Å². The lowest BCUT2D eigenvalue weighted by molar-refractivity contribution is -0.172. The van der Waals surface area contributed by atoms with E-state index in [4.69, 9.17) is 9.47 Å². The van der Waals surface area contributed by atoms with Crippen molar-refractivity contribution in [1.29, 1.82) is 0 Å². The van der Waals surface area contributed by atoms with Gasteiger partial charge in [0.25, 0.3) is 0 Å². The molecule has 1 aliphatic carbocycles. The molecule has 0 radical (unpaired) electrons. The number of hydrogen-bond acceptors (Lipinski definition) is 3. The molecular formula is C17H22O3. The van der Waals surface area contributed by atoms with Gasteiger partial charge in [0.05, 0.1) is 13.0 Å². The van der Waals surface area contributed by atoms with Gasteiger partial charge in [0, 0.05) is 5.92 Å². The maximum absolute atomic E-state index is 12.3. The highest BCUT2D eigenvalue weighted by Gasteiger charge is 2.49. The molecule has 3 nitrogen and oxygen atoms in total. The van der Waals surface area contributed by atoms with Crippen LogP contribution in [0, 0.1) is 23.7 Å². The number of ether oxygens (including phenoxy) is 2. The van der Waals surface area contributed by atoms with Crippen molar-refractivity contribution in [2.45, 2.75) is 32.8 Å². The fourth-order valence-corrected chi connectivity index (χ4v) is 3.96. The van der Waals surface area contributed by atoms with Gasteiger partial charge in [0.15, 0.2) is 0 Å². The van der Waals surface area contributed by atoms with Gasteiger partial charge in [0.1, 0.15) is 11.9 Å². The number of benzene rings is 1. The number of methoxy groups -OCH3 is 1. The normalized spacial score (nSPS) is 36.4. The third-order valence-electron chi connectivity index (χ3n) is 5.12. The molecule has 0 aromatic heterocycles. The minimum atomic E-state index is -0.135. The quantitative estimate of drug-likeness (QED) is 0.773. The van der Waals surface area contributed by atoms with E-state index in [-0.39, 0.29) is 18.0 Å². The van der Waals surface area contributed by atoms with Gasteiger partial charge in [-0.3, -0.25) is 4.79 Å². The van der Waals surface area contributed by atoms with Crippen LogP contribution in [0.4, 0.5) is 0 Å². The number of rotatable bonds is 2. The predicted octanol–water partition coefficient (Wildman–Crippen LogP) is 3.59. The minimum Gasteiger partial charge on any atom is -0.497 e. The van der Waals surface area contributed by atoms with E-state index in [0.717, 1.165) is 24.2 Å². The second-order valence-electron chi connectivity index (χ2n) is 6.24. The van der Waals surface area contributed by atoms with Crippen LogP contribution in [0.25, 0.3) is 0 Å². The highest BCUT2D eigenvalue weighted by molar-refractivity contribution is 5.75. The molecule has 2 aliphatic rings. The molecule has 3 heteroatoms. The van der Waals surface area contributed by atoms with E-state index in [1.165, 1.54) is 0 Å². The number of hydrogen-bond donors (Lipinski definition) is 0. The molecule has 1 saturated carbocycles. The third kappa shape index (κ3) is 2.09.